The predicted molar refractivity (Wildman–Crippen MR) is 137 cm³/mol. The van der Waals surface area contributed by atoms with Gasteiger partial charge in [0, 0.05) is 18.9 Å². The first-order valence-corrected chi connectivity index (χ1v) is 13.6. The van der Waals surface area contributed by atoms with Gasteiger partial charge in [-0.3, -0.25) is 0 Å². The lowest BCUT2D eigenvalue weighted by Crippen LogP contribution is -2.55. The van der Waals surface area contributed by atoms with E-state index in [1.165, 1.54) is 16.7 Å². The van der Waals surface area contributed by atoms with Crippen LogP contribution >= 0.6 is 0 Å². The predicted octanol–water partition coefficient (Wildman–Crippen LogP) is 7.62. The van der Waals surface area contributed by atoms with Crippen molar-refractivity contribution >= 4 is 14.4 Å². The van der Waals surface area contributed by atoms with Crippen LogP contribution in [0.15, 0.2) is 42.0 Å². The fourth-order valence-corrected chi connectivity index (χ4v) is 7.77. The third-order valence-corrected chi connectivity index (χ3v) is 9.29. The zero-order valence-electron chi connectivity index (χ0n) is 21.8. The molecular weight excluding hydrogens is 398 g/mol. The quantitative estimate of drug-likeness (QED) is 0.440. The van der Waals surface area contributed by atoms with Crippen LogP contribution in [-0.4, -0.2) is 21.9 Å². The molecule has 0 spiro atoms. The molecule has 0 aliphatic heterocycles. The van der Waals surface area contributed by atoms with E-state index in [9.17, 15) is 0 Å². The van der Waals surface area contributed by atoms with E-state index in [0.29, 0.717) is 13.2 Å². The molecule has 3 nitrogen and oxygen atoms in total. The SMILES string of the molecule is CCO[Si](Nc1cc(C(C)(C)C)ccc1C(C)(C)C)(OCC)C1C=CC=C1C(C)(C)C. The molecule has 1 atom stereocenters. The standard InChI is InChI=1S/C27H45NO2Si/c1-12-29-31(30-13-2,24-16-14-15-22(24)27(9,10)11)28-23-19-20(25(3,4)5)17-18-21(23)26(6,7)8/h14-19,24,28H,12-13H2,1-11H3. The number of rotatable bonds is 7. The van der Waals surface area contributed by atoms with E-state index in [4.69, 9.17) is 8.85 Å². The molecule has 1 aliphatic rings. The Morgan fingerprint density at radius 3 is 1.87 bits per heavy atom. The minimum atomic E-state index is -2.87. The summed E-state index contributed by atoms with van der Waals surface area (Å²) in [5.41, 5.74) is 5.36. The molecule has 2 rings (SSSR count). The van der Waals surface area contributed by atoms with Crippen molar-refractivity contribution in [2.75, 3.05) is 18.2 Å². The first-order valence-electron chi connectivity index (χ1n) is 11.8. The van der Waals surface area contributed by atoms with Crippen LogP contribution in [0.25, 0.3) is 0 Å². The number of allylic oxidation sites excluding steroid dienone is 4. The first kappa shape index (κ1) is 25.9. The monoisotopic (exact) mass is 443 g/mol. The van der Waals surface area contributed by atoms with Crippen molar-refractivity contribution in [2.24, 2.45) is 5.41 Å². The van der Waals surface area contributed by atoms with Gasteiger partial charge in [-0.25, -0.2) is 0 Å². The van der Waals surface area contributed by atoms with Gasteiger partial charge in [-0.05, 0) is 47.3 Å². The molecule has 0 bridgehead atoms. The molecule has 0 amide bonds. The maximum atomic E-state index is 6.59. The number of nitrogens with one attached hydrogen (secondary N) is 1. The van der Waals surface area contributed by atoms with Crippen molar-refractivity contribution in [3.63, 3.8) is 0 Å². The lowest BCUT2D eigenvalue weighted by Gasteiger charge is -2.40. The van der Waals surface area contributed by atoms with E-state index in [2.05, 4.69) is 118 Å². The summed E-state index contributed by atoms with van der Waals surface area (Å²) in [5.74, 6) is 0. The van der Waals surface area contributed by atoms with Crippen LogP contribution in [-0.2, 0) is 19.7 Å². The average molecular weight is 444 g/mol. The first-order chi connectivity index (χ1) is 14.2. The van der Waals surface area contributed by atoms with Crippen molar-refractivity contribution in [1.82, 2.24) is 0 Å². The maximum absolute atomic E-state index is 6.59. The maximum Gasteiger partial charge on any atom is 0.468 e. The topological polar surface area (TPSA) is 30.5 Å². The molecule has 1 aliphatic carbocycles. The Labute approximate surface area is 192 Å². The number of benzene rings is 1. The van der Waals surface area contributed by atoms with E-state index < -0.39 is 8.72 Å². The highest BCUT2D eigenvalue weighted by Crippen LogP contribution is 2.46. The van der Waals surface area contributed by atoms with Crippen molar-refractivity contribution in [3.8, 4) is 0 Å². The second kappa shape index (κ2) is 9.25. The van der Waals surface area contributed by atoms with E-state index in [-0.39, 0.29) is 21.8 Å². The van der Waals surface area contributed by atoms with Crippen molar-refractivity contribution < 1.29 is 8.85 Å². The van der Waals surface area contributed by atoms with Crippen LogP contribution in [0.4, 0.5) is 5.69 Å². The summed E-state index contributed by atoms with van der Waals surface area (Å²) in [7, 11) is -2.87. The minimum Gasteiger partial charge on any atom is -0.378 e. The van der Waals surface area contributed by atoms with Crippen LogP contribution in [0.1, 0.15) is 87.3 Å². The summed E-state index contributed by atoms with van der Waals surface area (Å²) in [4.78, 5) is 3.93. The molecule has 4 heteroatoms. The molecule has 0 saturated heterocycles. The Morgan fingerprint density at radius 1 is 0.839 bits per heavy atom. The summed E-state index contributed by atoms with van der Waals surface area (Å²) in [6.07, 6.45) is 6.70. The molecule has 1 aromatic rings. The van der Waals surface area contributed by atoms with Gasteiger partial charge in [0.2, 0.25) is 0 Å². The Morgan fingerprint density at radius 2 is 1.42 bits per heavy atom. The van der Waals surface area contributed by atoms with Gasteiger partial charge in [0.1, 0.15) is 0 Å². The molecule has 1 N–H and O–H groups in total. The second-order valence-corrected chi connectivity index (χ2v) is 14.4. The normalized spacial score (nSPS) is 17.8. The molecule has 1 unspecified atom stereocenters. The highest BCUT2D eigenvalue weighted by molar-refractivity contribution is 6.73. The Bertz CT molecular complexity index is 813. The third-order valence-electron chi connectivity index (χ3n) is 5.91. The summed E-state index contributed by atoms with van der Waals surface area (Å²) in [6.45, 7) is 25.8. The highest BCUT2D eigenvalue weighted by atomic mass is 28.4. The van der Waals surface area contributed by atoms with Crippen LogP contribution < -0.4 is 4.98 Å². The van der Waals surface area contributed by atoms with Crippen LogP contribution in [0.5, 0.6) is 0 Å². The van der Waals surface area contributed by atoms with Gasteiger partial charge in [0.05, 0.1) is 5.54 Å². The third kappa shape index (κ3) is 5.91. The van der Waals surface area contributed by atoms with Crippen LogP contribution in [0, 0.1) is 5.41 Å². The summed E-state index contributed by atoms with van der Waals surface area (Å²) in [5, 5.41) is 0. The van der Waals surface area contributed by atoms with Gasteiger partial charge >= 0.3 is 8.72 Å². The Hall–Kier alpha value is -1.36. The highest BCUT2D eigenvalue weighted by Gasteiger charge is 2.51. The fraction of sp³-hybridized carbons (Fsp3) is 0.630. The lowest BCUT2D eigenvalue weighted by atomic mass is 9.81. The number of hydrogen-bond donors (Lipinski definition) is 1. The molecule has 31 heavy (non-hydrogen) atoms. The van der Waals surface area contributed by atoms with Crippen LogP contribution in [0.2, 0.25) is 5.54 Å². The van der Waals surface area contributed by atoms with E-state index in [0.717, 1.165) is 5.69 Å². The van der Waals surface area contributed by atoms with Gasteiger partial charge in [-0.2, -0.15) is 0 Å². The van der Waals surface area contributed by atoms with Crippen molar-refractivity contribution in [1.29, 1.82) is 0 Å². The van der Waals surface area contributed by atoms with E-state index in [1.54, 1.807) is 0 Å². The molecule has 0 saturated carbocycles. The zero-order valence-corrected chi connectivity index (χ0v) is 22.8. The van der Waals surface area contributed by atoms with Crippen molar-refractivity contribution in [2.45, 2.75) is 92.5 Å². The van der Waals surface area contributed by atoms with Gasteiger partial charge < -0.3 is 13.8 Å². The van der Waals surface area contributed by atoms with Crippen molar-refractivity contribution in [3.05, 3.63) is 53.1 Å². The van der Waals surface area contributed by atoms with Gasteiger partial charge in [-0.15, -0.1) is 0 Å². The molecule has 0 radical (unpaired) electrons. The largest absolute Gasteiger partial charge is 0.468 e. The van der Waals surface area contributed by atoms with E-state index >= 15 is 0 Å². The molecule has 174 valence electrons. The molecule has 0 fully saturated rings. The smallest absolute Gasteiger partial charge is 0.378 e. The Kier molecular flexibility index (Phi) is 7.72. The number of hydrogen-bond acceptors (Lipinski definition) is 3. The summed E-state index contributed by atoms with van der Waals surface area (Å²) >= 11 is 0. The lowest BCUT2D eigenvalue weighted by molar-refractivity contribution is 0.184. The average Bonchev–Trinajstić information content (AvgIpc) is 3.11. The van der Waals surface area contributed by atoms with E-state index in [1.807, 2.05) is 0 Å². The number of anilines is 1. The fourth-order valence-electron chi connectivity index (χ4n) is 4.28. The molecule has 0 heterocycles. The Balaban J connectivity index is 2.67. The van der Waals surface area contributed by atoms with Crippen LogP contribution in [0.3, 0.4) is 0 Å². The van der Waals surface area contributed by atoms with Gasteiger partial charge in [0.15, 0.2) is 0 Å². The summed E-state index contributed by atoms with van der Waals surface area (Å²) < 4.78 is 13.2. The van der Waals surface area contributed by atoms with Gasteiger partial charge in [-0.1, -0.05) is 98.2 Å². The minimum absolute atomic E-state index is 0.00548. The molecule has 0 aromatic heterocycles. The summed E-state index contributed by atoms with van der Waals surface area (Å²) in [6, 6.07) is 6.87. The second-order valence-electron chi connectivity index (χ2n) is 11.7. The van der Waals surface area contributed by atoms with Gasteiger partial charge in [0.25, 0.3) is 0 Å². The molecular formula is C27H45NO2Si. The zero-order chi connectivity index (χ0) is 23.7. The molecule has 1 aromatic carbocycles.